The van der Waals surface area contributed by atoms with Crippen molar-refractivity contribution in [2.45, 2.75) is 13.1 Å². The van der Waals surface area contributed by atoms with Crippen LogP contribution in [0.3, 0.4) is 0 Å². The van der Waals surface area contributed by atoms with E-state index in [4.69, 9.17) is 0 Å². The number of aryl methyl sites for hydroxylation is 1. The topological polar surface area (TPSA) is 46.9 Å². The lowest BCUT2D eigenvalue weighted by Crippen LogP contribution is -2.14. The molecular formula is C18H13F4N3O. The van der Waals surface area contributed by atoms with Gasteiger partial charge in [-0.05, 0) is 55.0 Å². The van der Waals surface area contributed by atoms with E-state index in [2.05, 4.69) is 10.4 Å². The Hall–Kier alpha value is -3.16. The summed E-state index contributed by atoms with van der Waals surface area (Å²) in [5.41, 5.74) is 0.223. The van der Waals surface area contributed by atoms with Crippen LogP contribution in [-0.4, -0.2) is 15.7 Å². The van der Waals surface area contributed by atoms with Crippen molar-refractivity contribution in [1.82, 2.24) is 9.78 Å². The van der Waals surface area contributed by atoms with Gasteiger partial charge in [0.05, 0.1) is 11.9 Å². The first-order valence-electron chi connectivity index (χ1n) is 7.55. The maximum absolute atomic E-state index is 13.5. The number of anilines is 1. The number of nitrogens with one attached hydrogen (secondary N) is 1. The molecule has 0 saturated carbocycles. The predicted octanol–water partition coefficient (Wildman–Crippen LogP) is 4.59. The number of halogens is 4. The van der Waals surface area contributed by atoms with Crippen LogP contribution in [0.15, 0.2) is 54.7 Å². The Morgan fingerprint density at radius 3 is 2.38 bits per heavy atom. The van der Waals surface area contributed by atoms with Gasteiger partial charge < -0.3 is 5.32 Å². The predicted molar refractivity (Wildman–Crippen MR) is 87.7 cm³/mol. The Morgan fingerprint density at radius 2 is 1.77 bits per heavy atom. The molecule has 1 amide bonds. The number of hydrogen-bond donors (Lipinski definition) is 1. The van der Waals surface area contributed by atoms with E-state index in [9.17, 15) is 22.4 Å². The van der Waals surface area contributed by atoms with Crippen LogP contribution < -0.4 is 5.32 Å². The van der Waals surface area contributed by atoms with E-state index in [1.165, 1.54) is 36.4 Å². The van der Waals surface area contributed by atoms with Crippen molar-refractivity contribution in [3.8, 4) is 5.69 Å². The minimum absolute atomic E-state index is 0.142. The van der Waals surface area contributed by atoms with E-state index in [1.807, 2.05) is 0 Å². The highest BCUT2D eigenvalue weighted by Crippen LogP contribution is 2.30. The summed E-state index contributed by atoms with van der Waals surface area (Å²) in [5.74, 6) is -1.02. The third kappa shape index (κ3) is 3.58. The fourth-order valence-corrected chi connectivity index (χ4v) is 2.35. The Labute approximate surface area is 146 Å². The molecule has 2 aromatic carbocycles. The summed E-state index contributed by atoms with van der Waals surface area (Å²) in [6.45, 7) is 1.58. The number of aromatic nitrogens is 2. The molecule has 4 nitrogen and oxygen atoms in total. The van der Waals surface area contributed by atoms with Crippen LogP contribution in [0.25, 0.3) is 5.69 Å². The average Bonchev–Trinajstić information content (AvgIpc) is 3.08. The van der Waals surface area contributed by atoms with Gasteiger partial charge in [-0.25, -0.2) is 9.07 Å². The number of carbonyl (C=O) groups is 1. The van der Waals surface area contributed by atoms with Crippen molar-refractivity contribution in [1.29, 1.82) is 0 Å². The van der Waals surface area contributed by atoms with E-state index in [-0.39, 0.29) is 11.3 Å². The summed E-state index contributed by atoms with van der Waals surface area (Å²) in [6.07, 6.45) is -3.47. The van der Waals surface area contributed by atoms with E-state index in [0.717, 1.165) is 23.0 Å². The van der Waals surface area contributed by atoms with Gasteiger partial charge in [0.1, 0.15) is 11.5 Å². The Morgan fingerprint density at radius 1 is 1.08 bits per heavy atom. The smallest absolute Gasteiger partial charge is 0.322 e. The van der Waals surface area contributed by atoms with Gasteiger partial charge in [-0.2, -0.15) is 18.3 Å². The summed E-state index contributed by atoms with van der Waals surface area (Å²) in [5, 5.41) is 6.24. The first-order valence-corrected chi connectivity index (χ1v) is 7.55. The van der Waals surface area contributed by atoms with Gasteiger partial charge in [0.15, 0.2) is 0 Å². The maximum atomic E-state index is 13.5. The number of carbonyl (C=O) groups excluding carboxylic acids is 1. The van der Waals surface area contributed by atoms with Crippen molar-refractivity contribution in [2.75, 3.05) is 5.32 Å². The molecular weight excluding hydrogens is 350 g/mol. The molecule has 1 heterocycles. The molecule has 0 unspecified atom stereocenters. The molecule has 3 aromatic rings. The Kier molecular flexibility index (Phi) is 4.50. The lowest BCUT2D eigenvalue weighted by Gasteiger charge is -2.11. The lowest BCUT2D eigenvalue weighted by atomic mass is 10.1. The number of benzene rings is 2. The zero-order valence-electron chi connectivity index (χ0n) is 13.5. The summed E-state index contributed by atoms with van der Waals surface area (Å²) < 4.78 is 53.1. The number of nitrogens with zero attached hydrogens (tertiary/aromatic N) is 2. The van der Waals surface area contributed by atoms with Gasteiger partial charge in [0.2, 0.25) is 0 Å². The Balaban J connectivity index is 1.79. The second kappa shape index (κ2) is 6.62. The molecule has 26 heavy (non-hydrogen) atoms. The van der Waals surface area contributed by atoms with Crippen LogP contribution >= 0.6 is 0 Å². The largest absolute Gasteiger partial charge is 0.433 e. The van der Waals surface area contributed by atoms with Gasteiger partial charge in [-0.3, -0.25) is 4.79 Å². The highest BCUT2D eigenvalue weighted by atomic mass is 19.4. The van der Waals surface area contributed by atoms with Crippen LogP contribution in [-0.2, 0) is 6.18 Å². The molecule has 0 atom stereocenters. The fourth-order valence-electron chi connectivity index (χ4n) is 2.35. The van der Waals surface area contributed by atoms with E-state index < -0.39 is 23.6 Å². The molecule has 134 valence electrons. The molecule has 3 rings (SSSR count). The van der Waals surface area contributed by atoms with Crippen molar-refractivity contribution in [3.05, 3.63) is 77.4 Å². The third-order valence-corrected chi connectivity index (χ3v) is 3.74. The molecule has 1 N–H and O–H groups in total. The van der Waals surface area contributed by atoms with E-state index >= 15 is 0 Å². The van der Waals surface area contributed by atoms with Crippen molar-refractivity contribution in [2.24, 2.45) is 0 Å². The molecule has 1 aromatic heterocycles. The fraction of sp³-hybridized carbons (Fsp3) is 0.111. The quantitative estimate of drug-likeness (QED) is 0.692. The van der Waals surface area contributed by atoms with Crippen LogP contribution in [0.1, 0.15) is 21.6 Å². The average molecular weight is 363 g/mol. The highest BCUT2D eigenvalue weighted by Gasteiger charge is 2.35. The van der Waals surface area contributed by atoms with Gasteiger partial charge in [-0.15, -0.1) is 0 Å². The van der Waals surface area contributed by atoms with Crippen LogP contribution in [0, 0.1) is 12.7 Å². The molecule has 0 saturated heterocycles. The van der Waals surface area contributed by atoms with Crippen molar-refractivity contribution >= 4 is 11.6 Å². The van der Waals surface area contributed by atoms with Crippen molar-refractivity contribution in [3.63, 3.8) is 0 Å². The number of hydrogen-bond acceptors (Lipinski definition) is 2. The summed E-state index contributed by atoms with van der Waals surface area (Å²) in [7, 11) is 0. The number of alkyl halides is 3. The first kappa shape index (κ1) is 17.7. The minimum Gasteiger partial charge on any atom is -0.322 e. The molecule has 0 aliphatic heterocycles. The molecule has 0 radical (unpaired) electrons. The van der Waals surface area contributed by atoms with Gasteiger partial charge in [0, 0.05) is 11.3 Å². The van der Waals surface area contributed by atoms with E-state index in [1.54, 1.807) is 6.92 Å². The van der Waals surface area contributed by atoms with E-state index in [0.29, 0.717) is 11.3 Å². The molecule has 0 aliphatic carbocycles. The highest BCUT2D eigenvalue weighted by molar-refractivity contribution is 6.04. The first-order chi connectivity index (χ1) is 12.3. The van der Waals surface area contributed by atoms with Gasteiger partial charge in [-0.1, -0.05) is 6.07 Å². The maximum Gasteiger partial charge on any atom is 0.433 e. The van der Waals surface area contributed by atoms with Gasteiger partial charge in [0.25, 0.3) is 5.91 Å². The number of rotatable bonds is 3. The second-order valence-corrected chi connectivity index (χ2v) is 5.59. The van der Waals surface area contributed by atoms with Crippen LogP contribution in [0.2, 0.25) is 0 Å². The zero-order valence-corrected chi connectivity index (χ0v) is 13.5. The van der Waals surface area contributed by atoms with Crippen LogP contribution in [0.5, 0.6) is 0 Å². The summed E-state index contributed by atoms with van der Waals surface area (Å²) >= 11 is 0. The SMILES string of the molecule is Cc1ccc(C(=O)Nc2ccc(-n3nccc3C(F)(F)F)cc2)cc1F. The van der Waals surface area contributed by atoms with Gasteiger partial charge >= 0.3 is 6.18 Å². The molecule has 0 aliphatic rings. The summed E-state index contributed by atoms with van der Waals surface area (Å²) in [6, 6.07) is 10.7. The lowest BCUT2D eigenvalue weighted by molar-refractivity contribution is -0.142. The summed E-state index contributed by atoms with van der Waals surface area (Å²) in [4.78, 5) is 12.1. The third-order valence-electron chi connectivity index (χ3n) is 3.74. The molecule has 0 fully saturated rings. The minimum atomic E-state index is -4.53. The number of amides is 1. The monoisotopic (exact) mass is 363 g/mol. The molecule has 0 spiro atoms. The Bertz CT molecular complexity index is 946. The standard InChI is InChI=1S/C18H13F4N3O/c1-11-2-3-12(10-15(11)19)17(26)24-13-4-6-14(7-5-13)25-16(8-9-23-25)18(20,21)22/h2-10H,1H3,(H,24,26). The zero-order chi connectivity index (χ0) is 18.9. The van der Waals surface area contributed by atoms with Crippen LogP contribution in [0.4, 0.5) is 23.2 Å². The normalized spacial score (nSPS) is 11.4. The van der Waals surface area contributed by atoms with Crippen molar-refractivity contribution < 1.29 is 22.4 Å². The molecule has 8 heteroatoms. The second-order valence-electron chi connectivity index (χ2n) is 5.59. The molecule has 0 bridgehead atoms.